The Morgan fingerprint density at radius 1 is 1.50 bits per heavy atom. The van der Waals surface area contributed by atoms with E-state index in [1.54, 1.807) is 11.8 Å². The first-order chi connectivity index (χ1) is 9.52. The van der Waals surface area contributed by atoms with Crippen molar-refractivity contribution in [3.8, 4) is 17.0 Å². The minimum Gasteiger partial charge on any atom is -0.497 e. The summed E-state index contributed by atoms with van der Waals surface area (Å²) in [5.41, 5.74) is 2.57. The number of ether oxygens (including phenoxy) is 1. The van der Waals surface area contributed by atoms with E-state index >= 15 is 0 Å². The van der Waals surface area contributed by atoms with Crippen molar-refractivity contribution in [2.45, 2.75) is 12.8 Å². The molecular formula is C14H15BrN2O3. The summed E-state index contributed by atoms with van der Waals surface area (Å²) in [4.78, 5) is 10.7. The molecule has 0 fully saturated rings. The molecule has 20 heavy (non-hydrogen) atoms. The van der Waals surface area contributed by atoms with Crippen LogP contribution in [0.1, 0.15) is 12.1 Å². The second-order valence-electron chi connectivity index (χ2n) is 4.36. The lowest BCUT2D eigenvalue weighted by molar-refractivity contribution is -0.136. The fourth-order valence-corrected chi connectivity index (χ4v) is 2.75. The van der Waals surface area contributed by atoms with Crippen LogP contribution in [0.5, 0.6) is 5.75 Å². The molecule has 0 spiro atoms. The second-order valence-corrected chi connectivity index (χ2v) is 5.15. The van der Waals surface area contributed by atoms with Crippen LogP contribution in [0.3, 0.4) is 0 Å². The standard InChI is InChI=1S/C14H15BrN2O3/c1-17-11(6-7-12(18)19)13(15)14(16-17)9-4-3-5-10(8-9)20-2/h3-5,8H,6-7H2,1-2H3,(H,18,19). The topological polar surface area (TPSA) is 64.4 Å². The Labute approximate surface area is 125 Å². The van der Waals surface area contributed by atoms with Crippen LogP contribution in [-0.2, 0) is 18.3 Å². The molecule has 0 bridgehead atoms. The Balaban J connectivity index is 2.37. The maximum absolute atomic E-state index is 10.7. The number of carbonyl (C=O) groups is 1. The molecule has 0 unspecified atom stereocenters. The van der Waals surface area contributed by atoms with Gasteiger partial charge < -0.3 is 9.84 Å². The molecule has 0 atom stereocenters. The molecule has 6 heteroatoms. The molecule has 0 radical (unpaired) electrons. The predicted octanol–water partition coefficient (Wildman–Crippen LogP) is 2.88. The fourth-order valence-electron chi connectivity index (χ4n) is 1.98. The third kappa shape index (κ3) is 3.01. The molecule has 0 amide bonds. The summed E-state index contributed by atoms with van der Waals surface area (Å²) in [5, 5.41) is 13.2. The maximum Gasteiger partial charge on any atom is 0.303 e. The van der Waals surface area contributed by atoms with Gasteiger partial charge in [0.2, 0.25) is 0 Å². The van der Waals surface area contributed by atoms with E-state index < -0.39 is 5.97 Å². The first-order valence-electron chi connectivity index (χ1n) is 6.10. The maximum atomic E-state index is 10.7. The minimum absolute atomic E-state index is 0.0791. The van der Waals surface area contributed by atoms with E-state index in [4.69, 9.17) is 9.84 Å². The molecule has 1 aromatic carbocycles. The van der Waals surface area contributed by atoms with Crippen LogP contribution in [-0.4, -0.2) is 28.0 Å². The fraction of sp³-hybridized carbons (Fsp3) is 0.286. The molecule has 0 saturated carbocycles. The van der Waals surface area contributed by atoms with E-state index in [1.165, 1.54) is 0 Å². The number of benzene rings is 1. The van der Waals surface area contributed by atoms with E-state index in [9.17, 15) is 4.79 Å². The highest BCUT2D eigenvalue weighted by Crippen LogP contribution is 2.32. The summed E-state index contributed by atoms with van der Waals surface area (Å²) < 4.78 is 7.74. The van der Waals surface area contributed by atoms with Gasteiger partial charge >= 0.3 is 5.97 Å². The highest BCUT2D eigenvalue weighted by Gasteiger charge is 2.16. The number of aromatic nitrogens is 2. The smallest absolute Gasteiger partial charge is 0.303 e. The Kier molecular flexibility index (Phi) is 4.44. The number of nitrogens with zero attached hydrogens (tertiary/aromatic N) is 2. The van der Waals surface area contributed by atoms with Gasteiger partial charge in [0.05, 0.1) is 23.7 Å². The average Bonchev–Trinajstić information content (AvgIpc) is 2.72. The summed E-state index contributed by atoms with van der Waals surface area (Å²) in [7, 11) is 3.43. The Morgan fingerprint density at radius 2 is 2.25 bits per heavy atom. The number of hydrogen-bond acceptors (Lipinski definition) is 3. The molecule has 0 saturated heterocycles. The van der Waals surface area contributed by atoms with Gasteiger partial charge in [0.15, 0.2) is 0 Å². The van der Waals surface area contributed by atoms with E-state index in [-0.39, 0.29) is 6.42 Å². The van der Waals surface area contributed by atoms with Crippen LogP contribution in [0.25, 0.3) is 11.3 Å². The molecular weight excluding hydrogens is 324 g/mol. The number of methoxy groups -OCH3 is 1. The largest absolute Gasteiger partial charge is 0.497 e. The zero-order chi connectivity index (χ0) is 14.7. The quantitative estimate of drug-likeness (QED) is 0.910. The Hall–Kier alpha value is -1.82. The van der Waals surface area contributed by atoms with Gasteiger partial charge in [0.25, 0.3) is 0 Å². The number of hydrogen-bond donors (Lipinski definition) is 1. The molecule has 1 N–H and O–H groups in total. The third-order valence-corrected chi connectivity index (χ3v) is 3.85. The monoisotopic (exact) mass is 338 g/mol. The number of halogens is 1. The van der Waals surface area contributed by atoms with Crippen molar-refractivity contribution in [2.75, 3.05) is 7.11 Å². The molecule has 2 aromatic rings. The van der Waals surface area contributed by atoms with Crippen molar-refractivity contribution >= 4 is 21.9 Å². The number of carboxylic acids is 1. The van der Waals surface area contributed by atoms with Gasteiger partial charge in [-0.1, -0.05) is 12.1 Å². The van der Waals surface area contributed by atoms with E-state index in [1.807, 2.05) is 31.3 Å². The molecule has 1 heterocycles. The van der Waals surface area contributed by atoms with Gasteiger partial charge in [-0.3, -0.25) is 9.48 Å². The summed E-state index contributed by atoms with van der Waals surface area (Å²) >= 11 is 3.52. The lowest BCUT2D eigenvalue weighted by atomic mass is 10.1. The molecule has 0 aliphatic carbocycles. The van der Waals surface area contributed by atoms with Crippen molar-refractivity contribution in [1.82, 2.24) is 9.78 Å². The summed E-state index contributed by atoms with van der Waals surface area (Å²) in [6, 6.07) is 7.60. The lowest BCUT2D eigenvalue weighted by Crippen LogP contribution is -2.03. The van der Waals surface area contributed by atoms with Crippen LogP contribution >= 0.6 is 15.9 Å². The zero-order valence-electron chi connectivity index (χ0n) is 11.3. The zero-order valence-corrected chi connectivity index (χ0v) is 12.8. The first-order valence-corrected chi connectivity index (χ1v) is 6.89. The van der Waals surface area contributed by atoms with Gasteiger partial charge in [0, 0.05) is 19.0 Å². The van der Waals surface area contributed by atoms with E-state index in [2.05, 4.69) is 21.0 Å². The number of aryl methyl sites for hydroxylation is 1. The van der Waals surface area contributed by atoms with Crippen LogP contribution in [0.4, 0.5) is 0 Å². The van der Waals surface area contributed by atoms with E-state index in [0.717, 1.165) is 27.2 Å². The van der Waals surface area contributed by atoms with Crippen molar-refractivity contribution in [1.29, 1.82) is 0 Å². The normalized spacial score (nSPS) is 10.6. The van der Waals surface area contributed by atoms with Crippen molar-refractivity contribution in [3.63, 3.8) is 0 Å². The Morgan fingerprint density at radius 3 is 2.90 bits per heavy atom. The number of carboxylic acid groups (broad SMARTS) is 1. The lowest BCUT2D eigenvalue weighted by Gasteiger charge is -2.02. The second kappa shape index (κ2) is 6.09. The van der Waals surface area contributed by atoms with Gasteiger partial charge in [-0.05, 0) is 28.1 Å². The summed E-state index contributed by atoms with van der Waals surface area (Å²) in [6.07, 6.45) is 0.513. The average molecular weight is 339 g/mol. The Bertz CT molecular complexity index is 637. The van der Waals surface area contributed by atoms with Gasteiger partial charge in [-0.25, -0.2) is 0 Å². The van der Waals surface area contributed by atoms with Gasteiger partial charge in [-0.2, -0.15) is 5.10 Å². The van der Waals surface area contributed by atoms with Crippen LogP contribution in [0.2, 0.25) is 0 Å². The molecule has 5 nitrogen and oxygen atoms in total. The third-order valence-electron chi connectivity index (χ3n) is 3.02. The van der Waals surface area contributed by atoms with E-state index in [0.29, 0.717) is 6.42 Å². The SMILES string of the molecule is COc1cccc(-c2nn(C)c(CCC(=O)O)c2Br)c1. The van der Waals surface area contributed by atoms with Crippen molar-refractivity contribution < 1.29 is 14.6 Å². The minimum atomic E-state index is -0.818. The van der Waals surface area contributed by atoms with Crippen molar-refractivity contribution in [3.05, 3.63) is 34.4 Å². The van der Waals surface area contributed by atoms with Gasteiger partial charge in [-0.15, -0.1) is 0 Å². The molecule has 0 aliphatic rings. The summed E-state index contributed by atoms with van der Waals surface area (Å²) in [6.45, 7) is 0. The first kappa shape index (κ1) is 14.6. The predicted molar refractivity (Wildman–Crippen MR) is 78.9 cm³/mol. The van der Waals surface area contributed by atoms with Gasteiger partial charge in [0.1, 0.15) is 11.4 Å². The molecule has 106 valence electrons. The highest BCUT2D eigenvalue weighted by molar-refractivity contribution is 9.10. The van der Waals surface area contributed by atoms with Crippen molar-refractivity contribution in [2.24, 2.45) is 7.05 Å². The number of aliphatic carboxylic acids is 1. The van der Waals surface area contributed by atoms with Crippen LogP contribution in [0.15, 0.2) is 28.7 Å². The summed E-state index contributed by atoms with van der Waals surface area (Å²) in [5.74, 6) is -0.0619. The highest BCUT2D eigenvalue weighted by atomic mass is 79.9. The van der Waals surface area contributed by atoms with Crippen LogP contribution in [0, 0.1) is 0 Å². The molecule has 2 rings (SSSR count). The molecule has 1 aromatic heterocycles. The molecule has 0 aliphatic heterocycles. The van der Waals surface area contributed by atoms with Crippen LogP contribution < -0.4 is 4.74 Å². The number of rotatable bonds is 5.